The van der Waals surface area contributed by atoms with Crippen molar-refractivity contribution in [3.05, 3.63) is 53.8 Å². The van der Waals surface area contributed by atoms with Crippen LogP contribution < -0.4 is 10.1 Å². The van der Waals surface area contributed by atoms with Crippen LogP contribution in [0.4, 0.5) is 0 Å². The first-order valence-electron chi connectivity index (χ1n) is 8.87. The van der Waals surface area contributed by atoms with Crippen molar-refractivity contribution >= 4 is 20.8 Å². The average Bonchev–Trinajstić information content (AvgIpc) is 3.05. The van der Waals surface area contributed by atoms with Crippen LogP contribution in [0.1, 0.15) is 18.2 Å². The lowest BCUT2D eigenvalue weighted by Crippen LogP contribution is -2.22. The lowest BCUT2D eigenvalue weighted by atomic mass is 10.1. The molecule has 0 saturated heterocycles. The summed E-state index contributed by atoms with van der Waals surface area (Å²) < 4.78 is 37.9. The number of benzene rings is 2. The summed E-state index contributed by atoms with van der Waals surface area (Å²) in [6.45, 7) is 3.09. The van der Waals surface area contributed by atoms with Gasteiger partial charge in [0.05, 0.1) is 15.9 Å². The Kier molecular flexibility index (Phi) is 4.67. The van der Waals surface area contributed by atoms with E-state index in [0.717, 1.165) is 29.7 Å². The number of sulfone groups is 1. The van der Waals surface area contributed by atoms with Gasteiger partial charge in [0.25, 0.3) is 0 Å². The normalized spacial score (nSPS) is 15.5. The molecule has 1 aliphatic heterocycles. The Labute approximate surface area is 157 Å². The topological polar surface area (TPSA) is 88.8 Å². The minimum Gasteiger partial charge on any atom is -0.487 e. The van der Waals surface area contributed by atoms with Gasteiger partial charge in [-0.2, -0.15) is 0 Å². The third-order valence-corrected chi connectivity index (χ3v) is 6.34. The van der Waals surface area contributed by atoms with Gasteiger partial charge in [-0.25, -0.2) is 8.42 Å². The monoisotopic (exact) mass is 387 g/mol. The van der Waals surface area contributed by atoms with Gasteiger partial charge in [-0.15, -0.1) is 0 Å². The van der Waals surface area contributed by atoms with Gasteiger partial charge in [-0.3, -0.25) is 0 Å². The number of aliphatic hydroxyl groups is 1. The molecule has 3 aromatic rings. The molecule has 6 nitrogen and oxygen atoms in total. The third-order valence-electron chi connectivity index (χ3n) is 4.59. The number of nitrogens with one attached hydrogen (secondary N) is 1. The number of fused-ring (bicyclic) bond motifs is 3. The van der Waals surface area contributed by atoms with Crippen LogP contribution in [0.15, 0.2) is 56.7 Å². The van der Waals surface area contributed by atoms with Crippen molar-refractivity contribution in [3.8, 4) is 5.75 Å². The Balaban J connectivity index is 1.91. The molecule has 2 N–H and O–H groups in total. The molecule has 2 aromatic carbocycles. The largest absolute Gasteiger partial charge is 0.487 e. The molecule has 0 aliphatic carbocycles. The number of aliphatic hydroxyl groups excluding tert-OH is 1. The Morgan fingerprint density at radius 1 is 1.22 bits per heavy atom. The van der Waals surface area contributed by atoms with Gasteiger partial charge < -0.3 is 19.6 Å². The second-order valence-electron chi connectivity index (χ2n) is 6.71. The highest BCUT2D eigenvalue weighted by molar-refractivity contribution is 7.91. The van der Waals surface area contributed by atoms with Gasteiger partial charge in [-0.05, 0) is 25.1 Å². The quantitative estimate of drug-likeness (QED) is 0.700. The first-order chi connectivity index (χ1) is 13.0. The maximum atomic E-state index is 13.1. The highest BCUT2D eigenvalue weighted by Crippen LogP contribution is 2.38. The Morgan fingerprint density at radius 3 is 2.74 bits per heavy atom. The van der Waals surface area contributed by atoms with Crippen LogP contribution in [0, 0.1) is 0 Å². The predicted molar refractivity (Wildman–Crippen MR) is 101 cm³/mol. The molecule has 1 unspecified atom stereocenters. The average molecular weight is 387 g/mol. The minimum absolute atomic E-state index is 0.0492. The second-order valence-corrected chi connectivity index (χ2v) is 8.65. The molecule has 7 heteroatoms. The van der Waals surface area contributed by atoms with Gasteiger partial charge in [0.1, 0.15) is 12.4 Å². The smallest absolute Gasteiger partial charge is 0.206 e. The molecular formula is C20H21NO5S. The van der Waals surface area contributed by atoms with Crippen molar-refractivity contribution in [1.29, 1.82) is 0 Å². The van der Waals surface area contributed by atoms with Crippen molar-refractivity contribution in [2.75, 3.05) is 13.2 Å². The molecule has 0 amide bonds. The van der Waals surface area contributed by atoms with Crippen molar-refractivity contribution < 1.29 is 22.7 Å². The van der Waals surface area contributed by atoms with E-state index >= 15 is 0 Å². The zero-order chi connectivity index (χ0) is 19.0. The summed E-state index contributed by atoms with van der Waals surface area (Å²) in [7, 11) is -3.70. The van der Waals surface area contributed by atoms with Crippen LogP contribution in [0.25, 0.3) is 11.0 Å². The summed E-state index contributed by atoms with van der Waals surface area (Å²) in [6, 6.07) is 11.4. The summed E-state index contributed by atoms with van der Waals surface area (Å²) in [5, 5.41) is 13.6. The highest BCUT2D eigenvalue weighted by Gasteiger charge is 2.25. The fourth-order valence-electron chi connectivity index (χ4n) is 3.26. The second kappa shape index (κ2) is 6.99. The first-order valence-corrected chi connectivity index (χ1v) is 10.3. The zero-order valence-corrected chi connectivity index (χ0v) is 15.8. The Morgan fingerprint density at radius 2 is 2.00 bits per heavy atom. The van der Waals surface area contributed by atoms with Crippen molar-refractivity contribution in [1.82, 2.24) is 5.32 Å². The molecule has 0 saturated carbocycles. The molecule has 1 atom stereocenters. The van der Waals surface area contributed by atoms with Gasteiger partial charge in [0.2, 0.25) is 9.84 Å². The fourth-order valence-corrected chi connectivity index (χ4v) is 4.58. The zero-order valence-electron chi connectivity index (χ0n) is 14.9. The third kappa shape index (κ3) is 3.34. The number of furan rings is 1. The van der Waals surface area contributed by atoms with E-state index in [1.54, 1.807) is 43.3 Å². The standard InChI is InChI=1S/C20H21NO5S/c1-13(22)12-25-19-10-15(27(23,24)14-5-3-2-4-6-14)9-16-17-11-21-8-7-18(17)26-20(16)19/h2-6,9-10,13,21-22H,7-8,11-12H2,1H3. The molecule has 0 bridgehead atoms. The van der Waals surface area contributed by atoms with Gasteiger partial charge in [0.15, 0.2) is 11.3 Å². The lowest BCUT2D eigenvalue weighted by Gasteiger charge is -2.12. The van der Waals surface area contributed by atoms with E-state index in [4.69, 9.17) is 9.15 Å². The summed E-state index contributed by atoms with van der Waals surface area (Å²) in [4.78, 5) is 0.372. The molecule has 2 heterocycles. The van der Waals surface area contributed by atoms with E-state index in [1.165, 1.54) is 6.07 Å². The van der Waals surface area contributed by atoms with Crippen LogP contribution in [-0.4, -0.2) is 32.8 Å². The maximum Gasteiger partial charge on any atom is 0.206 e. The molecule has 1 aliphatic rings. The molecule has 142 valence electrons. The summed E-state index contributed by atoms with van der Waals surface area (Å²) in [5.74, 6) is 1.18. The van der Waals surface area contributed by atoms with E-state index in [9.17, 15) is 13.5 Å². The lowest BCUT2D eigenvalue weighted by molar-refractivity contribution is 0.123. The number of hydrogen-bond donors (Lipinski definition) is 2. The van der Waals surface area contributed by atoms with E-state index in [-0.39, 0.29) is 16.4 Å². The Hall–Kier alpha value is -2.35. The molecule has 0 fully saturated rings. The maximum absolute atomic E-state index is 13.1. The molecule has 27 heavy (non-hydrogen) atoms. The summed E-state index contributed by atoms with van der Waals surface area (Å²) >= 11 is 0. The van der Waals surface area contributed by atoms with Gasteiger partial charge in [0, 0.05) is 36.5 Å². The van der Waals surface area contributed by atoms with Gasteiger partial charge in [-0.1, -0.05) is 18.2 Å². The minimum atomic E-state index is -3.70. The van der Waals surface area contributed by atoms with Crippen LogP contribution in [0.5, 0.6) is 5.75 Å². The van der Waals surface area contributed by atoms with Crippen LogP contribution >= 0.6 is 0 Å². The molecule has 0 spiro atoms. The summed E-state index contributed by atoms with van der Waals surface area (Å²) in [6.07, 6.45) is 0.0568. The van der Waals surface area contributed by atoms with Crippen molar-refractivity contribution in [2.45, 2.75) is 35.8 Å². The number of rotatable bonds is 5. The van der Waals surface area contributed by atoms with Crippen molar-refractivity contribution in [2.24, 2.45) is 0 Å². The highest BCUT2D eigenvalue weighted by atomic mass is 32.2. The van der Waals surface area contributed by atoms with Crippen molar-refractivity contribution in [3.63, 3.8) is 0 Å². The van der Waals surface area contributed by atoms with E-state index in [0.29, 0.717) is 17.9 Å². The molecule has 4 rings (SSSR count). The predicted octanol–water partition coefficient (Wildman–Crippen LogP) is 2.67. The van der Waals surface area contributed by atoms with Crippen LogP contribution in [-0.2, 0) is 22.8 Å². The van der Waals surface area contributed by atoms with Gasteiger partial charge >= 0.3 is 0 Å². The SMILES string of the molecule is CC(O)COc1cc(S(=O)(=O)c2ccccc2)cc2c3c(oc12)CCNC3. The molecule has 0 radical (unpaired) electrons. The number of ether oxygens (including phenoxy) is 1. The fraction of sp³-hybridized carbons (Fsp3) is 0.300. The first kappa shape index (κ1) is 18.0. The van der Waals surface area contributed by atoms with E-state index in [1.807, 2.05) is 0 Å². The Bertz CT molecular complexity index is 1070. The van der Waals surface area contributed by atoms with Crippen LogP contribution in [0.3, 0.4) is 0 Å². The van der Waals surface area contributed by atoms with E-state index in [2.05, 4.69) is 5.32 Å². The van der Waals surface area contributed by atoms with E-state index < -0.39 is 15.9 Å². The summed E-state index contributed by atoms with van der Waals surface area (Å²) in [5.41, 5.74) is 1.49. The number of hydrogen-bond acceptors (Lipinski definition) is 6. The molecular weight excluding hydrogens is 366 g/mol. The molecule has 1 aromatic heterocycles. The van der Waals surface area contributed by atoms with Crippen LogP contribution in [0.2, 0.25) is 0 Å².